The Morgan fingerprint density at radius 2 is 1.95 bits per heavy atom. The number of benzene rings is 1. The molecular formula is C16H19BrN2. The quantitative estimate of drug-likeness (QED) is 0.866. The Morgan fingerprint density at radius 1 is 1.16 bits per heavy atom. The van der Waals surface area contributed by atoms with Gasteiger partial charge in [-0.3, -0.25) is 4.98 Å². The van der Waals surface area contributed by atoms with Gasteiger partial charge in [0.2, 0.25) is 0 Å². The molecule has 1 aromatic heterocycles. The zero-order valence-electron chi connectivity index (χ0n) is 11.1. The topological polar surface area (TPSA) is 24.9 Å². The molecule has 1 N–H and O–H groups in total. The summed E-state index contributed by atoms with van der Waals surface area (Å²) in [5.74, 6) is 0. The fraction of sp³-hybridized carbons (Fsp3) is 0.312. The van der Waals surface area contributed by atoms with Gasteiger partial charge in [-0.2, -0.15) is 0 Å². The summed E-state index contributed by atoms with van der Waals surface area (Å²) in [6.45, 7) is 3.20. The van der Waals surface area contributed by atoms with Crippen LogP contribution in [-0.4, -0.2) is 11.5 Å². The molecule has 0 aliphatic rings. The number of rotatable bonds is 6. The number of pyridine rings is 1. The lowest BCUT2D eigenvalue weighted by molar-refractivity contribution is 0.523. The summed E-state index contributed by atoms with van der Waals surface area (Å²) in [7, 11) is 0. The average molecular weight is 319 g/mol. The second-order valence-electron chi connectivity index (χ2n) is 4.55. The van der Waals surface area contributed by atoms with Crippen LogP contribution >= 0.6 is 15.9 Å². The number of hydrogen-bond donors (Lipinski definition) is 1. The van der Waals surface area contributed by atoms with E-state index in [1.54, 1.807) is 0 Å². The molecule has 2 nitrogen and oxygen atoms in total. The van der Waals surface area contributed by atoms with Crippen molar-refractivity contribution in [2.24, 2.45) is 0 Å². The number of nitrogens with zero attached hydrogens (tertiary/aromatic N) is 1. The monoisotopic (exact) mass is 318 g/mol. The lowest BCUT2D eigenvalue weighted by Crippen LogP contribution is -2.24. The van der Waals surface area contributed by atoms with Crippen molar-refractivity contribution in [1.29, 1.82) is 0 Å². The van der Waals surface area contributed by atoms with Crippen LogP contribution in [0.2, 0.25) is 0 Å². The molecule has 1 heterocycles. The second-order valence-corrected chi connectivity index (χ2v) is 5.41. The first-order valence-corrected chi connectivity index (χ1v) is 7.48. The van der Waals surface area contributed by atoms with Crippen molar-refractivity contribution in [3.63, 3.8) is 0 Å². The maximum atomic E-state index is 4.43. The molecule has 0 fully saturated rings. The SMILES string of the molecule is CCCNC(Cc1ccccn1)c1ccccc1Br. The highest BCUT2D eigenvalue weighted by atomic mass is 79.9. The Morgan fingerprint density at radius 3 is 2.63 bits per heavy atom. The third-order valence-electron chi connectivity index (χ3n) is 3.06. The van der Waals surface area contributed by atoms with Gasteiger partial charge in [0, 0.05) is 28.8 Å². The maximum absolute atomic E-state index is 4.43. The summed E-state index contributed by atoms with van der Waals surface area (Å²) >= 11 is 3.64. The van der Waals surface area contributed by atoms with Gasteiger partial charge in [-0.05, 0) is 36.7 Å². The van der Waals surface area contributed by atoms with Gasteiger partial charge < -0.3 is 5.32 Å². The van der Waals surface area contributed by atoms with Crippen molar-refractivity contribution in [3.05, 3.63) is 64.4 Å². The van der Waals surface area contributed by atoms with E-state index in [0.29, 0.717) is 6.04 Å². The third kappa shape index (κ3) is 4.15. The van der Waals surface area contributed by atoms with E-state index in [9.17, 15) is 0 Å². The molecule has 0 bridgehead atoms. The Bertz CT molecular complexity index is 499. The van der Waals surface area contributed by atoms with Crippen LogP contribution in [0.25, 0.3) is 0 Å². The molecule has 0 spiro atoms. The number of aromatic nitrogens is 1. The van der Waals surface area contributed by atoms with Crippen LogP contribution in [0, 0.1) is 0 Å². The predicted octanol–water partition coefficient (Wildman–Crippen LogP) is 4.13. The molecule has 0 radical (unpaired) electrons. The van der Waals surface area contributed by atoms with Gasteiger partial charge in [-0.1, -0.05) is 47.1 Å². The van der Waals surface area contributed by atoms with E-state index >= 15 is 0 Å². The highest BCUT2D eigenvalue weighted by Gasteiger charge is 2.14. The lowest BCUT2D eigenvalue weighted by Gasteiger charge is -2.20. The van der Waals surface area contributed by atoms with Crippen molar-refractivity contribution in [1.82, 2.24) is 10.3 Å². The van der Waals surface area contributed by atoms with Crippen LogP contribution in [0.5, 0.6) is 0 Å². The van der Waals surface area contributed by atoms with E-state index in [0.717, 1.165) is 29.6 Å². The van der Waals surface area contributed by atoms with Crippen molar-refractivity contribution < 1.29 is 0 Å². The van der Waals surface area contributed by atoms with Crippen LogP contribution in [0.3, 0.4) is 0 Å². The van der Waals surface area contributed by atoms with Gasteiger partial charge in [0.1, 0.15) is 0 Å². The first-order valence-electron chi connectivity index (χ1n) is 6.69. The Balaban J connectivity index is 2.19. The summed E-state index contributed by atoms with van der Waals surface area (Å²) in [5.41, 5.74) is 2.41. The average Bonchev–Trinajstić information content (AvgIpc) is 2.45. The van der Waals surface area contributed by atoms with E-state index in [1.165, 1.54) is 5.56 Å². The minimum Gasteiger partial charge on any atom is -0.310 e. The zero-order chi connectivity index (χ0) is 13.5. The molecule has 2 rings (SSSR count). The fourth-order valence-corrected chi connectivity index (χ4v) is 2.66. The first kappa shape index (κ1) is 14.2. The van der Waals surface area contributed by atoms with Gasteiger partial charge >= 0.3 is 0 Å². The summed E-state index contributed by atoms with van der Waals surface area (Å²) in [4.78, 5) is 4.43. The minimum absolute atomic E-state index is 0.297. The molecule has 19 heavy (non-hydrogen) atoms. The third-order valence-corrected chi connectivity index (χ3v) is 3.78. The van der Waals surface area contributed by atoms with Gasteiger partial charge in [0.05, 0.1) is 0 Å². The molecule has 1 atom stereocenters. The fourth-order valence-electron chi connectivity index (χ4n) is 2.10. The van der Waals surface area contributed by atoms with Gasteiger partial charge in [-0.15, -0.1) is 0 Å². The highest BCUT2D eigenvalue weighted by molar-refractivity contribution is 9.10. The summed E-state index contributed by atoms with van der Waals surface area (Å²) in [6.07, 6.45) is 3.89. The number of hydrogen-bond acceptors (Lipinski definition) is 2. The molecule has 100 valence electrons. The predicted molar refractivity (Wildman–Crippen MR) is 83.1 cm³/mol. The van der Waals surface area contributed by atoms with E-state index in [1.807, 2.05) is 24.4 Å². The smallest absolute Gasteiger partial charge is 0.0422 e. The molecule has 0 saturated carbocycles. The molecule has 1 aromatic carbocycles. The molecule has 0 saturated heterocycles. The number of halogens is 1. The minimum atomic E-state index is 0.297. The normalized spacial score (nSPS) is 12.3. The molecule has 3 heteroatoms. The van der Waals surface area contributed by atoms with Crippen LogP contribution in [-0.2, 0) is 6.42 Å². The molecule has 0 aliphatic carbocycles. The maximum Gasteiger partial charge on any atom is 0.0422 e. The zero-order valence-corrected chi connectivity index (χ0v) is 12.7. The number of nitrogens with one attached hydrogen (secondary N) is 1. The molecule has 1 unspecified atom stereocenters. The van der Waals surface area contributed by atoms with E-state index in [-0.39, 0.29) is 0 Å². The Labute approximate surface area is 123 Å². The standard InChI is InChI=1S/C16H19BrN2/c1-2-10-19-16(12-13-7-5-6-11-18-13)14-8-3-4-9-15(14)17/h3-9,11,16,19H,2,10,12H2,1H3. The largest absolute Gasteiger partial charge is 0.310 e. The van der Waals surface area contributed by atoms with Crippen molar-refractivity contribution in [2.75, 3.05) is 6.54 Å². The van der Waals surface area contributed by atoms with E-state index in [4.69, 9.17) is 0 Å². The first-order chi connectivity index (χ1) is 9.31. The van der Waals surface area contributed by atoms with Crippen molar-refractivity contribution in [2.45, 2.75) is 25.8 Å². The Hall–Kier alpha value is -1.19. The van der Waals surface area contributed by atoms with Crippen LogP contribution in [0.15, 0.2) is 53.1 Å². The lowest BCUT2D eigenvalue weighted by atomic mass is 10.0. The summed E-state index contributed by atoms with van der Waals surface area (Å²) in [5, 5.41) is 3.61. The Kier molecular flexibility index (Phi) is 5.55. The summed E-state index contributed by atoms with van der Waals surface area (Å²) < 4.78 is 1.15. The van der Waals surface area contributed by atoms with Gasteiger partial charge in [0.15, 0.2) is 0 Å². The van der Waals surface area contributed by atoms with E-state index < -0.39 is 0 Å². The summed E-state index contributed by atoms with van der Waals surface area (Å²) in [6, 6.07) is 14.8. The van der Waals surface area contributed by atoms with Crippen LogP contribution in [0.1, 0.15) is 30.6 Å². The molecule has 0 amide bonds. The van der Waals surface area contributed by atoms with Gasteiger partial charge in [0.25, 0.3) is 0 Å². The van der Waals surface area contributed by atoms with Crippen molar-refractivity contribution >= 4 is 15.9 Å². The molecule has 0 aliphatic heterocycles. The van der Waals surface area contributed by atoms with Crippen LogP contribution < -0.4 is 5.32 Å². The van der Waals surface area contributed by atoms with Crippen LogP contribution in [0.4, 0.5) is 0 Å². The van der Waals surface area contributed by atoms with Gasteiger partial charge in [-0.25, -0.2) is 0 Å². The molecule has 2 aromatic rings. The molecular weight excluding hydrogens is 300 g/mol. The second kappa shape index (κ2) is 7.41. The van der Waals surface area contributed by atoms with E-state index in [2.05, 4.69) is 57.4 Å². The highest BCUT2D eigenvalue weighted by Crippen LogP contribution is 2.25. The van der Waals surface area contributed by atoms with Crippen molar-refractivity contribution in [3.8, 4) is 0 Å².